The lowest BCUT2D eigenvalue weighted by Gasteiger charge is -2.21. The number of anilines is 6. The molecule has 2 N–H and O–H groups in total. The number of aromatic nitrogens is 2. The van der Waals surface area contributed by atoms with Crippen molar-refractivity contribution in [2.75, 3.05) is 111 Å². The van der Waals surface area contributed by atoms with Crippen LogP contribution in [0, 0.1) is 18.6 Å². The first-order valence-electron chi connectivity index (χ1n) is 46.0. The zero-order chi connectivity index (χ0) is 105. The third-order valence-electron chi connectivity index (χ3n) is 22.7. The maximum atomic E-state index is 14.6. The smallest absolute Gasteiger partial charge is 0.231 e. The minimum atomic E-state index is -3.30. The Labute approximate surface area is 882 Å². The van der Waals surface area contributed by atoms with E-state index in [4.69, 9.17) is 98.0 Å². The number of carbonyl (C=O) groups excluding carboxylic acids is 4. The van der Waals surface area contributed by atoms with Crippen LogP contribution in [0.2, 0.25) is 30.1 Å². The monoisotopic (exact) mass is 2140 g/mol. The molecular formula is C112H116Cl6F2N8O14S3. The van der Waals surface area contributed by atoms with Gasteiger partial charge in [0.15, 0.2) is 0 Å². The van der Waals surface area contributed by atoms with Gasteiger partial charge >= 0.3 is 0 Å². The van der Waals surface area contributed by atoms with Crippen LogP contribution in [0.4, 0.5) is 43.0 Å². The molecule has 33 heteroatoms. The molecule has 2 saturated heterocycles. The summed E-state index contributed by atoms with van der Waals surface area (Å²) in [5, 5.41) is 7.92. The molecule has 0 aliphatic carbocycles. The summed E-state index contributed by atoms with van der Waals surface area (Å²) in [6, 6.07) is 81.4. The fourth-order valence-electron chi connectivity index (χ4n) is 15.9. The number of nitrogens with one attached hydrogen (secondary N) is 2. The Hall–Kier alpha value is -11.8. The van der Waals surface area contributed by atoms with Gasteiger partial charge in [0.05, 0.1) is 79.9 Å². The predicted octanol–water partition coefficient (Wildman–Crippen LogP) is 27.6. The number of hydrogen-bond acceptors (Lipinski definition) is 17. The van der Waals surface area contributed by atoms with Crippen LogP contribution in [0.3, 0.4) is 0 Å². The van der Waals surface area contributed by atoms with Gasteiger partial charge in [-0.1, -0.05) is 174 Å². The molecule has 12 aromatic carbocycles. The number of rotatable bonds is 29. The van der Waals surface area contributed by atoms with Crippen molar-refractivity contribution in [3.8, 4) is 78.0 Å². The first-order valence-corrected chi connectivity index (χ1v) is 52.8. The van der Waals surface area contributed by atoms with Gasteiger partial charge in [0.2, 0.25) is 43.7 Å². The maximum absolute atomic E-state index is 14.6. The van der Waals surface area contributed by atoms with Gasteiger partial charge in [-0.2, -0.15) is 0 Å². The fraction of sp³-hybridized carbons (Fsp3) is 0.250. The number of sulfonamides is 2. The Morgan fingerprint density at radius 3 is 1.17 bits per heavy atom. The summed E-state index contributed by atoms with van der Waals surface area (Å²) in [6.45, 7) is 13.6. The molecule has 0 bridgehead atoms. The molecule has 0 saturated carbocycles. The number of nitrogens with zero attached hydrogens (tertiary/aromatic N) is 6. The molecule has 0 radical (unpaired) electrons. The number of methoxy groups -OCH3 is 6. The van der Waals surface area contributed by atoms with E-state index in [1.165, 1.54) is 52.5 Å². The van der Waals surface area contributed by atoms with Crippen molar-refractivity contribution in [3.05, 3.63) is 352 Å². The third kappa shape index (κ3) is 34.1. The molecule has 2 aliphatic heterocycles. The number of amides is 4. The van der Waals surface area contributed by atoms with Crippen molar-refractivity contribution in [1.29, 1.82) is 0 Å². The highest BCUT2D eigenvalue weighted by molar-refractivity contribution is 7.92. The van der Waals surface area contributed by atoms with Crippen molar-refractivity contribution >= 4 is 159 Å². The van der Waals surface area contributed by atoms with E-state index in [-0.39, 0.29) is 29.4 Å². The number of thiazole rings is 1. The SMILES string of the molecule is CCN(C(C)=O)c1ccc(-c2ccc(Cl)cc2)c(COC)c1.CCc1sc(C)nc1-c1ccc(F)cc1.COCc1cc(N(C)S(C)(=O)=O)ccc1-c1ccc(Cl)cc1.COCc1cc(N2CCCC2=O)c(F)cc1-c1ccc(Cl)cc1.COCc1cc(NC(C)=O)ccc1-c1ccc(Cl)cc1.COCc1cc(NS(C)(=O)=O)ccc1-c1ccc(Cl)cc1.COCc1nc(N2CCCC2=O)ccc1-c1ccc(Cl)cc1. The molecule has 145 heavy (non-hydrogen) atoms. The molecule has 0 atom stereocenters. The molecular weight excluding hydrogens is 2030 g/mol. The summed E-state index contributed by atoms with van der Waals surface area (Å²) in [4.78, 5) is 62.0. The van der Waals surface area contributed by atoms with Gasteiger partial charge in [-0.3, -0.25) is 33.1 Å². The molecule has 2 aliphatic rings. The largest absolute Gasteiger partial charge is 0.380 e. The Morgan fingerprint density at radius 2 is 0.786 bits per heavy atom. The zero-order valence-electron chi connectivity index (χ0n) is 83.0. The summed E-state index contributed by atoms with van der Waals surface area (Å²) in [6.07, 6.45) is 5.98. The van der Waals surface area contributed by atoms with Gasteiger partial charge in [0.1, 0.15) is 17.5 Å². The zero-order valence-corrected chi connectivity index (χ0v) is 89.9. The van der Waals surface area contributed by atoms with Gasteiger partial charge in [-0.05, 0) is 292 Å². The van der Waals surface area contributed by atoms with Crippen molar-refractivity contribution in [3.63, 3.8) is 0 Å². The second-order valence-electron chi connectivity index (χ2n) is 33.4. The van der Waals surface area contributed by atoms with Crippen LogP contribution in [-0.4, -0.2) is 132 Å². The Kier molecular flexibility index (Phi) is 44.6. The minimum absolute atomic E-state index is 0.0325. The lowest BCUT2D eigenvalue weighted by Crippen LogP contribution is -2.27. The highest BCUT2D eigenvalue weighted by Gasteiger charge is 2.28. The van der Waals surface area contributed by atoms with Gasteiger partial charge in [-0.15, -0.1) is 11.3 Å². The van der Waals surface area contributed by atoms with Crippen LogP contribution in [0.25, 0.3) is 78.0 Å². The molecule has 14 aromatic rings. The summed E-state index contributed by atoms with van der Waals surface area (Å²) in [5.41, 5.74) is 22.5. The van der Waals surface area contributed by atoms with E-state index in [9.17, 15) is 44.8 Å². The summed E-state index contributed by atoms with van der Waals surface area (Å²) >= 11 is 37.2. The summed E-state index contributed by atoms with van der Waals surface area (Å²) in [7, 11) is 4.69. The van der Waals surface area contributed by atoms with Crippen LogP contribution in [0.5, 0.6) is 0 Å². The molecule has 2 aromatic heterocycles. The van der Waals surface area contributed by atoms with Gasteiger partial charge in [-0.25, -0.2) is 35.6 Å². The van der Waals surface area contributed by atoms with Crippen LogP contribution in [0.1, 0.15) is 96.8 Å². The Bertz CT molecular complexity index is 6850. The van der Waals surface area contributed by atoms with Crippen molar-refractivity contribution in [2.45, 2.75) is 106 Å². The maximum Gasteiger partial charge on any atom is 0.231 e. The van der Waals surface area contributed by atoms with E-state index in [0.717, 1.165) is 160 Å². The summed E-state index contributed by atoms with van der Waals surface area (Å²) in [5.74, 6) is 0.139. The van der Waals surface area contributed by atoms with Crippen LogP contribution < -0.4 is 29.0 Å². The van der Waals surface area contributed by atoms with Crippen LogP contribution >= 0.6 is 80.9 Å². The number of carbonyl (C=O) groups is 4. The molecule has 4 heterocycles. The highest BCUT2D eigenvalue weighted by Crippen LogP contribution is 2.39. The predicted molar refractivity (Wildman–Crippen MR) is 588 cm³/mol. The normalized spacial score (nSPS) is 12.0. The van der Waals surface area contributed by atoms with Gasteiger partial charge in [0, 0.05) is 159 Å². The first-order chi connectivity index (χ1) is 69.4. The lowest BCUT2D eigenvalue weighted by atomic mass is 9.98. The molecule has 16 rings (SSSR count). The average Bonchev–Trinajstić information content (AvgIpc) is 1.78. The second kappa shape index (κ2) is 56.2. The number of hydrogen-bond donors (Lipinski definition) is 2. The molecule has 0 spiro atoms. The third-order valence-corrected chi connectivity index (χ3v) is 27.1. The fourth-order valence-corrected chi connectivity index (χ4v) is 18.6. The quantitative estimate of drug-likeness (QED) is 0.0442. The standard InChI is InChI=1S/C18H17ClFNO2.C18H20ClNO2.C17H17ClN2O2.C16H18ClNO3S.C16H16ClNO2.C15H16ClNO3S.C12H12FNS/c1-23-11-13-9-17(21-8-2-3-18(21)22)16(20)10-15(13)12-4-6-14(19)7-5-12;1-4-20(13(2)21)17-9-10-18(15(11-17)12-22-3)14-5-7-16(19)8-6-14;1-22-11-15-14(12-4-6-13(18)7-5-12)8-9-16(19-15)20-10-2-3-17(20)21;1-18(22(3,19)20)15-8-9-16(13(10-15)11-21-2)12-4-6-14(17)7-5-12;1-11(19)18-15-7-8-16(13(9-15)10-20-2)12-3-5-14(17)6-4-12;1-20-10-12-9-14(17-21(2,18)19)7-8-15(12)11-3-5-13(16)6-4-11;1-3-11-12(14-8(2)15-11)9-4-6-10(13)7-5-9/h4-7,9-10H,2-3,8,11H2,1H3;5-11H,4,12H2,1-3H3;4-9H,2-3,10-11H2,1H3;4-10H,11H2,1-3H3;3-9H,10H2,1-2H3,(H,18,19);3-9,17H,10H2,1-2H3;4-7H,3H2,1-2H3. The van der Waals surface area contributed by atoms with Gasteiger partial charge in [0.25, 0.3) is 0 Å². The first kappa shape index (κ1) is 115. The van der Waals surface area contributed by atoms with E-state index in [2.05, 4.69) is 26.9 Å². The number of pyridine rings is 1. The average molecular weight is 2150 g/mol. The minimum Gasteiger partial charge on any atom is -0.380 e. The lowest BCUT2D eigenvalue weighted by molar-refractivity contribution is -0.117. The van der Waals surface area contributed by atoms with E-state index >= 15 is 0 Å². The van der Waals surface area contributed by atoms with Gasteiger partial charge < -0.3 is 43.5 Å². The molecule has 0 unspecified atom stereocenters. The van der Waals surface area contributed by atoms with E-state index in [0.29, 0.717) is 119 Å². The summed E-state index contributed by atoms with van der Waals surface area (Å²) < 4.78 is 109. The Balaban J connectivity index is 0.000000174. The van der Waals surface area contributed by atoms with E-state index in [1.807, 2.05) is 214 Å². The molecule has 22 nitrogen and oxygen atoms in total. The molecule has 2 fully saturated rings. The topological polar surface area (TPSA) is 255 Å². The van der Waals surface area contributed by atoms with Crippen molar-refractivity contribution < 1.29 is 73.2 Å². The number of aryl methyl sites for hydroxylation is 2. The van der Waals surface area contributed by atoms with E-state index < -0.39 is 25.9 Å². The molecule has 762 valence electrons. The Morgan fingerprint density at radius 1 is 0.428 bits per heavy atom. The van der Waals surface area contributed by atoms with E-state index in [1.54, 1.807) is 119 Å². The number of benzene rings is 12. The number of ether oxygens (including phenoxy) is 6. The van der Waals surface area contributed by atoms with Crippen LogP contribution in [0.15, 0.2) is 267 Å². The number of halogens is 8. The second-order valence-corrected chi connectivity index (χ2v) is 41.1. The van der Waals surface area contributed by atoms with Crippen molar-refractivity contribution in [1.82, 2.24) is 9.97 Å². The van der Waals surface area contributed by atoms with Crippen molar-refractivity contribution in [2.24, 2.45) is 0 Å². The van der Waals surface area contributed by atoms with Crippen LogP contribution in [-0.2, 0) is 114 Å². The highest BCUT2D eigenvalue weighted by atomic mass is 35.5. The molecule has 4 amide bonds.